The van der Waals surface area contributed by atoms with Crippen molar-refractivity contribution in [2.24, 2.45) is 0 Å². The Kier molecular flexibility index (Phi) is 4.25. The second-order valence-corrected chi connectivity index (χ2v) is 5.70. The Morgan fingerprint density at radius 1 is 1.56 bits per heavy atom. The number of likely N-dealkylation sites (tertiary alicyclic amines) is 1. The Hall–Kier alpha value is -0.650. The highest BCUT2D eigenvalue weighted by Crippen LogP contribution is 2.26. The first kappa shape index (κ1) is 13.8. The molecule has 0 aromatic heterocycles. The third kappa shape index (κ3) is 2.68. The molecule has 0 aromatic carbocycles. The van der Waals surface area contributed by atoms with E-state index in [1.165, 1.54) is 19.4 Å². The molecule has 0 aliphatic carbocycles. The molecule has 0 bridgehead atoms. The number of hydrogen-bond acceptors (Lipinski definition) is 4. The number of aliphatic carboxylic acids is 1. The van der Waals surface area contributed by atoms with Gasteiger partial charge in [-0.05, 0) is 33.0 Å². The van der Waals surface area contributed by atoms with Crippen molar-refractivity contribution in [3.8, 4) is 0 Å². The third-order valence-corrected chi connectivity index (χ3v) is 4.59. The Labute approximate surface area is 109 Å². The highest BCUT2D eigenvalue weighted by Gasteiger charge is 2.43. The van der Waals surface area contributed by atoms with Gasteiger partial charge in [0, 0.05) is 25.7 Å². The van der Waals surface area contributed by atoms with Crippen LogP contribution in [0.4, 0.5) is 0 Å². The summed E-state index contributed by atoms with van der Waals surface area (Å²) in [6.45, 7) is 7.09. The van der Waals surface area contributed by atoms with Crippen molar-refractivity contribution in [3.05, 3.63) is 0 Å². The van der Waals surface area contributed by atoms with Gasteiger partial charge < -0.3 is 10.4 Å². The van der Waals surface area contributed by atoms with Crippen molar-refractivity contribution < 1.29 is 9.90 Å². The number of carboxylic acid groups (broad SMARTS) is 1. The number of rotatable bonds is 6. The van der Waals surface area contributed by atoms with E-state index >= 15 is 0 Å². The SMILES string of the molecule is CCN1CCCC1CN(C)C1(CC(=O)O)CNC1. The minimum absolute atomic E-state index is 0.159. The summed E-state index contributed by atoms with van der Waals surface area (Å²) in [6, 6.07) is 0.603. The van der Waals surface area contributed by atoms with Crippen molar-refractivity contribution in [3.63, 3.8) is 0 Å². The fourth-order valence-corrected chi connectivity index (χ4v) is 3.25. The van der Waals surface area contributed by atoms with E-state index in [4.69, 9.17) is 5.11 Å². The number of nitrogens with one attached hydrogen (secondary N) is 1. The van der Waals surface area contributed by atoms with E-state index in [9.17, 15) is 4.79 Å². The molecule has 5 heteroatoms. The van der Waals surface area contributed by atoms with Crippen molar-refractivity contribution in [1.29, 1.82) is 0 Å². The van der Waals surface area contributed by atoms with Crippen LogP contribution in [-0.4, -0.2) is 72.2 Å². The van der Waals surface area contributed by atoms with E-state index < -0.39 is 5.97 Å². The van der Waals surface area contributed by atoms with Crippen LogP contribution in [0.1, 0.15) is 26.2 Å². The Bertz CT molecular complexity index is 305. The van der Waals surface area contributed by atoms with E-state index in [-0.39, 0.29) is 12.0 Å². The summed E-state index contributed by atoms with van der Waals surface area (Å²) in [5.74, 6) is -0.692. The van der Waals surface area contributed by atoms with Gasteiger partial charge in [0.15, 0.2) is 0 Å². The van der Waals surface area contributed by atoms with Crippen molar-refractivity contribution in [2.75, 3.05) is 39.8 Å². The molecule has 2 fully saturated rings. The number of carbonyl (C=O) groups is 1. The van der Waals surface area contributed by atoms with Crippen LogP contribution >= 0.6 is 0 Å². The molecule has 18 heavy (non-hydrogen) atoms. The van der Waals surface area contributed by atoms with E-state index in [0.717, 1.165) is 26.2 Å². The molecule has 0 radical (unpaired) electrons. The van der Waals surface area contributed by atoms with Crippen LogP contribution in [-0.2, 0) is 4.79 Å². The summed E-state index contributed by atoms with van der Waals surface area (Å²) >= 11 is 0. The lowest BCUT2D eigenvalue weighted by atomic mass is 9.86. The van der Waals surface area contributed by atoms with Gasteiger partial charge in [-0.1, -0.05) is 6.92 Å². The molecule has 0 amide bonds. The molecule has 2 rings (SSSR count). The fourth-order valence-electron chi connectivity index (χ4n) is 3.25. The van der Waals surface area contributed by atoms with Gasteiger partial charge in [-0.2, -0.15) is 0 Å². The average molecular weight is 255 g/mol. The van der Waals surface area contributed by atoms with Gasteiger partial charge in [-0.15, -0.1) is 0 Å². The smallest absolute Gasteiger partial charge is 0.305 e. The predicted octanol–water partition coefficient (Wildman–Crippen LogP) is 0.219. The molecule has 2 saturated heterocycles. The number of nitrogens with zero attached hydrogens (tertiary/aromatic N) is 2. The number of carboxylic acids is 1. The summed E-state index contributed by atoms with van der Waals surface area (Å²) in [6.07, 6.45) is 2.76. The number of likely N-dealkylation sites (N-methyl/N-ethyl adjacent to an activating group) is 2. The van der Waals surface area contributed by atoms with E-state index in [1.807, 2.05) is 0 Å². The van der Waals surface area contributed by atoms with E-state index in [2.05, 4.69) is 29.1 Å². The normalized spacial score (nSPS) is 27.4. The molecule has 0 spiro atoms. The van der Waals surface area contributed by atoms with Crippen molar-refractivity contribution >= 4 is 5.97 Å². The molecule has 2 aliphatic rings. The summed E-state index contributed by atoms with van der Waals surface area (Å²) in [5, 5.41) is 12.3. The summed E-state index contributed by atoms with van der Waals surface area (Å²) in [4.78, 5) is 15.8. The van der Waals surface area contributed by atoms with Gasteiger partial charge in [0.05, 0.1) is 12.0 Å². The van der Waals surface area contributed by atoms with Crippen molar-refractivity contribution in [2.45, 2.75) is 37.8 Å². The first-order valence-electron chi connectivity index (χ1n) is 6.95. The molecule has 1 atom stereocenters. The molecule has 2 aliphatic heterocycles. The predicted molar refractivity (Wildman–Crippen MR) is 70.8 cm³/mol. The zero-order valence-corrected chi connectivity index (χ0v) is 11.5. The average Bonchev–Trinajstić information content (AvgIpc) is 2.70. The maximum atomic E-state index is 11.0. The first-order chi connectivity index (χ1) is 8.57. The lowest BCUT2D eigenvalue weighted by Gasteiger charge is -2.49. The van der Waals surface area contributed by atoms with Gasteiger partial charge in [0.2, 0.25) is 0 Å². The summed E-state index contributed by atoms with van der Waals surface area (Å²) in [7, 11) is 2.08. The van der Waals surface area contributed by atoms with Crippen LogP contribution in [0, 0.1) is 0 Å². The topological polar surface area (TPSA) is 55.8 Å². The summed E-state index contributed by atoms with van der Waals surface area (Å²) < 4.78 is 0. The van der Waals surface area contributed by atoms with Crippen LogP contribution in [0.3, 0.4) is 0 Å². The Balaban J connectivity index is 1.93. The van der Waals surface area contributed by atoms with Crippen molar-refractivity contribution in [1.82, 2.24) is 15.1 Å². The van der Waals surface area contributed by atoms with Gasteiger partial charge >= 0.3 is 5.97 Å². The van der Waals surface area contributed by atoms with Crippen LogP contribution in [0.2, 0.25) is 0 Å². The zero-order valence-electron chi connectivity index (χ0n) is 11.5. The number of hydrogen-bond donors (Lipinski definition) is 2. The highest BCUT2D eigenvalue weighted by molar-refractivity contribution is 5.68. The van der Waals surface area contributed by atoms with Gasteiger partial charge in [0.1, 0.15) is 0 Å². The monoisotopic (exact) mass is 255 g/mol. The molecule has 0 aromatic rings. The van der Waals surface area contributed by atoms with Crippen LogP contribution in [0.5, 0.6) is 0 Å². The second-order valence-electron chi connectivity index (χ2n) is 5.70. The molecular weight excluding hydrogens is 230 g/mol. The largest absolute Gasteiger partial charge is 0.481 e. The lowest BCUT2D eigenvalue weighted by Crippen LogP contribution is -2.69. The molecule has 0 saturated carbocycles. The molecule has 5 nitrogen and oxygen atoms in total. The maximum Gasteiger partial charge on any atom is 0.305 e. The molecular formula is C13H25N3O2. The van der Waals surface area contributed by atoms with Crippen LogP contribution in [0.25, 0.3) is 0 Å². The zero-order chi connectivity index (χ0) is 13.2. The first-order valence-corrected chi connectivity index (χ1v) is 6.95. The van der Waals surface area contributed by atoms with Crippen LogP contribution in [0.15, 0.2) is 0 Å². The third-order valence-electron chi connectivity index (χ3n) is 4.59. The quantitative estimate of drug-likeness (QED) is 0.711. The standard InChI is InChI=1S/C13H25N3O2/c1-3-16-6-4-5-11(16)8-15(2)13(7-12(17)18)9-14-10-13/h11,14H,3-10H2,1-2H3,(H,17,18). The Morgan fingerprint density at radius 2 is 2.28 bits per heavy atom. The van der Waals surface area contributed by atoms with Gasteiger partial charge in [0.25, 0.3) is 0 Å². The van der Waals surface area contributed by atoms with Gasteiger partial charge in [-0.3, -0.25) is 14.6 Å². The van der Waals surface area contributed by atoms with E-state index in [0.29, 0.717) is 6.04 Å². The molecule has 104 valence electrons. The highest BCUT2D eigenvalue weighted by atomic mass is 16.4. The maximum absolute atomic E-state index is 11.0. The molecule has 2 heterocycles. The van der Waals surface area contributed by atoms with E-state index in [1.54, 1.807) is 0 Å². The molecule has 1 unspecified atom stereocenters. The molecule has 2 N–H and O–H groups in total. The minimum atomic E-state index is -0.692. The second kappa shape index (κ2) is 5.55. The fraction of sp³-hybridized carbons (Fsp3) is 0.923. The lowest BCUT2D eigenvalue weighted by molar-refractivity contribution is -0.141. The Morgan fingerprint density at radius 3 is 2.78 bits per heavy atom. The minimum Gasteiger partial charge on any atom is -0.481 e. The van der Waals surface area contributed by atoms with Crippen LogP contribution < -0.4 is 5.32 Å². The summed E-state index contributed by atoms with van der Waals surface area (Å²) in [5.41, 5.74) is -0.159. The van der Waals surface area contributed by atoms with Gasteiger partial charge in [-0.25, -0.2) is 0 Å².